The number of rotatable bonds is 4. The Morgan fingerprint density at radius 3 is 2.62 bits per heavy atom. The summed E-state index contributed by atoms with van der Waals surface area (Å²) < 4.78 is 4.71. The lowest BCUT2D eigenvalue weighted by Crippen LogP contribution is -2.42. The molecule has 0 amide bonds. The Labute approximate surface area is 79.8 Å². The summed E-state index contributed by atoms with van der Waals surface area (Å²) in [5, 5.41) is 3.34. The van der Waals surface area contributed by atoms with Gasteiger partial charge in [0.25, 0.3) is 0 Å². The topological polar surface area (TPSA) is 38.3 Å². The molecular weight excluding hydrogens is 166 g/mol. The van der Waals surface area contributed by atoms with Gasteiger partial charge in [0.15, 0.2) is 0 Å². The van der Waals surface area contributed by atoms with Crippen molar-refractivity contribution < 1.29 is 9.53 Å². The highest BCUT2D eigenvalue weighted by atomic mass is 16.5. The van der Waals surface area contributed by atoms with Crippen LogP contribution in [0.1, 0.15) is 39.0 Å². The van der Waals surface area contributed by atoms with Crippen molar-refractivity contribution in [1.29, 1.82) is 0 Å². The summed E-state index contributed by atoms with van der Waals surface area (Å²) in [6.07, 6.45) is 5.79. The SMILES string of the molecule is CCC(NC1CCCC1)C(=O)OC. The van der Waals surface area contributed by atoms with Crippen molar-refractivity contribution in [3.63, 3.8) is 0 Å². The zero-order valence-corrected chi connectivity index (χ0v) is 8.51. The van der Waals surface area contributed by atoms with Crippen LogP contribution in [-0.4, -0.2) is 25.2 Å². The normalized spacial score (nSPS) is 20.2. The molecular formula is C10H19NO2. The van der Waals surface area contributed by atoms with Gasteiger partial charge in [-0.25, -0.2) is 0 Å². The van der Waals surface area contributed by atoms with Crippen LogP contribution in [0.15, 0.2) is 0 Å². The van der Waals surface area contributed by atoms with Crippen LogP contribution in [0.5, 0.6) is 0 Å². The highest BCUT2D eigenvalue weighted by molar-refractivity contribution is 5.75. The number of esters is 1. The molecule has 0 aromatic carbocycles. The molecule has 1 rings (SSSR count). The molecule has 1 unspecified atom stereocenters. The highest BCUT2D eigenvalue weighted by Gasteiger charge is 2.22. The van der Waals surface area contributed by atoms with Gasteiger partial charge in [-0.15, -0.1) is 0 Å². The quantitative estimate of drug-likeness (QED) is 0.674. The predicted octanol–water partition coefficient (Wildman–Crippen LogP) is 1.47. The maximum absolute atomic E-state index is 11.2. The van der Waals surface area contributed by atoms with E-state index < -0.39 is 0 Å². The molecule has 1 aliphatic rings. The van der Waals surface area contributed by atoms with Crippen LogP contribution in [-0.2, 0) is 9.53 Å². The van der Waals surface area contributed by atoms with Crippen molar-refractivity contribution in [2.75, 3.05) is 7.11 Å². The second-order valence-electron chi connectivity index (χ2n) is 3.63. The van der Waals surface area contributed by atoms with Gasteiger partial charge in [-0.05, 0) is 19.3 Å². The molecule has 3 heteroatoms. The van der Waals surface area contributed by atoms with Gasteiger partial charge in [0.1, 0.15) is 6.04 Å². The Morgan fingerprint density at radius 2 is 2.15 bits per heavy atom. The Hall–Kier alpha value is -0.570. The molecule has 0 spiro atoms. The molecule has 1 aliphatic carbocycles. The first-order valence-corrected chi connectivity index (χ1v) is 5.11. The molecule has 13 heavy (non-hydrogen) atoms. The van der Waals surface area contributed by atoms with Crippen LogP contribution < -0.4 is 5.32 Å². The summed E-state index contributed by atoms with van der Waals surface area (Å²) in [6, 6.07) is 0.428. The van der Waals surface area contributed by atoms with E-state index in [9.17, 15) is 4.79 Å². The minimum atomic E-state index is -0.130. The summed E-state index contributed by atoms with van der Waals surface area (Å²) in [6.45, 7) is 2.00. The maximum Gasteiger partial charge on any atom is 0.322 e. The van der Waals surface area contributed by atoms with E-state index in [2.05, 4.69) is 5.32 Å². The lowest BCUT2D eigenvalue weighted by molar-refractivity contribution is -0.143. The molecule has 0 bridgehead atoms. The number of carbonyl (C=O) groups is 1. The number of ether oxygens (including phenoxy) is 1. The monoisotopic (exact) mass is 185 g/mol. The van der Waals surface area contributed by atoms with Crippen molar-refractivity contribution >= 4 is 5.97 Å². The summed E-state index contributed by atoms with van der Waals surface area (Å²) in [5.41, 5.74) is 0. The number of hydrogen-bond acceptors (Lipinski definition) is 3. The van der Waals surface area contributed by atoms with Crippen LogP contribution in [0.3, 0.4) is 0 Å². The molecule has 3 nitrogen and oxygen atoms in total. The molecule has 0 aromatic heterocycles. The third kappa shape index (κ3) is 2.99. The number of nitrogens with one attached hydrogen (secondary N) is 1. The van der Waals surface area contributed by atoms with E-state index in [0.717, 1.165) is 6.42 Å². The van der Waals surface area contributed by atoms with Gasteiger partial charge in [-0.3, -0.25) is 4.79 Å². The average molecular weight is 185 g/mol. The minimum absolute atomic E-state index is 0.104. The summed E-state index contributed by atoms with van der Waals surface area (Å²) in [4.78, 5) is 11.2. The fourth-order valence-corrected chi connectivity index (χ4v) is 1.87. The predicted molar refractivity (Wildman–Crippen MR) is 51.5 cm³/mol. The van der Waals surface area contributed by atoms with Gasteiger partial charge < -0.3 is 10.1 Å². The van der Waals surface area contributed by atoms with Gasteiger partial charge in [0.05, 0.1) is 7.11 Å². The molecule has 1 saturated carbocycles. The van der Waals surface area contributed by atoms with Gasteiger partial charge in [0.2, 0.25) is 0 Å². The molecule has 1 N–H and O–H groups in total. The summed E-state index contributed by atoms with van der Waals surface area (Å²) >= 11 is 0. The molecule has 0 saturated heterocycles. The largest absolute Gasteiger partial charge is 0.468 e. The molecule has 1 atom stereocenters. The zero-order valence-electron chi connectivity index (χ0n) is 8.51. The third-order valence-electron chi connectivity index (χ3n) is 2.69. The molecule has 0 radical (unpaired) electrons. The van der Waals surface area contributed by atoms with Crippen molar-refractivity contribution in [2.24, 2.45) is 0 Å². The first kappa shape index (κ1) is 10.5. The van der Waals surface area contributed by atoms with E-state index in [4.69, 9.17) is 4.74 Å². The fraction of sp³-hybridized carbons (Fsp3) is 0.900. The van der Waals surface area contributed by atoms with E-state index in [1.165, 1.54) is 32.8 Å². The second-order valence-corrected chi connectivity index (χ2v) is 3.63. The molecule has 0 aromatic rings. The Kier molecular flexibility index (Phi) is 4.22. The van der Waals surface area contributed by atoms with Gasteiger partial charge in [0, 0.05) is 6.04 Å². The lowest BCUT2D eigenvalue weighted by Gasteiger charge is -2.19. The van der Waals surface area contributed by atoms with E-state index in [0.29, 0.717) is 6.04 Å². The number of methoxy groups -OCH3 is 1. The van der Waals surface area contributed by atoms with E-state index in [-0.39, 0.29) is 12.0 Å². The fourth-order valence-electron chi connectivity index (χ4n) is 1.87. The van der Waals surface area contributed by atoms with Crippen molar-refractivity contribution in [3.8, 4) is 0 Å². The van der Waals surface area contributed by atoms with Crippen LogP contribution in [0.4, 0.5) is 0 Å². The number of carbonyl (C=O) groups excluding carboxylic acids is 1. The summed E-state index contributed by atoms with van der Waals surface area (Å²) in [5.74, 6) is -0.130. The van der Waals surface area contributed by atoms with Gasteiger partial charge >= 0.3 is 5.97 Å². The molecule has 76 valence electrons. The van der Waals surface area contributed by atoms with Gasteiger partial charge in [-0.1, -0.05) is 19.8 Å². The van der Waals surface area contributed by atoms with Gasteiger partial charge in [-0.2, -0.15) is 0 Å². The smallest absolute Gasteiger partial charge is 0.322 e. The first-order chi connectivity index (χ1) is 6.27. The van der Waals surface area contributed by atoms with Crippen molar-refractivity contribution in [2.45, 2.75) is 51.1 Å². The van der Waals surface area contributed by atoms with Crippen LogP contribution >= 0.6 is 0 Å². The van der Waals surface area contributed by atoms with Crippen LogP contribution in [0.2, 0.25) is 0 Å². The Morgan fingerprint density at radius 1 is 1.54 bits per heavy atom. The highest BCUT2D eigenvalue weighted by Crippen LogP contribution is 2.18. The van der Waals surface area contributed by atoms with Crippen LogP contribution in [0.25, 0.3) is 0 Å². The second kappa shape index (κ2) is 5.22. The Bertz CT molecular complexity index is 164. The number of hydrogen-bond donors (Lipinski definition) is 1. The molecule has 1 fully saturated rings. The Balaban J connectivity index is 2.33. The van der Waals surface area contributed by atoms with E-state index >= 15 is 0 Å². The van der Waals surface area contributed by atoms with E-state index in [1.54, 1.807) is 0 Å². The molecule has 0 heterocycles. The standard InChI is InChI=1S/C10H19NO2/c1-3-9(10(12)13-2)11-8-6-4-5-7-8/h8-9,11H,3-7H2,1-2H3. The van der Waals surface area contributed by atoms with Crippen molar-refractivity contribution in [3.05, 3.63) is 0 Å². The maximum atomic E-state index is 11.2. The van der Waals surface area contributed by atoms with Crippen LogP contribution in [0, 0.1) is 0 Å². The zero-order chi connectivity index (χ0) is 9.68. The van der Waals surface area contributed by atoms with Crippen molar-refractivity contribution in [1.82, 2.24) is 5.32 Å². The lowest BCUT2D eigenvalue weighted by atomic mass is 10.1. The average Bonchev–Trinajstić information content (AvgIpc) is 2.65. The van der Waals surface area contributed by atoms with E-state index in [1.807, 2.05) is 6.92 Å². The first-order valence-electron chi connectivity index (χ1n) is 5.11. The minimum Gasteiger partial charge on any atom is -0.468 e. The molecule has 0 aliphatic heterocycles. The third-order valence-corrected chi connectivity index (χ3v) is 2.69. The summed E-state index contributed by atoms with van der Waals surface area (Å²) in [7, 11) is 1.45.